The highest BCUT2D eigenvalue weighted by Gasteiger charge is 2.42. The average Bonchev–Trinajstić information content (AvgIpc) is 2.61. The molecule has 3 rings (SSSR count). The minimum absolute atomic E-state index is 0.125. The Hall–Kier alpha value is -2.36. The Labute approximate surface area is 118 Å². The lowest BCUT2D eigenvalue weighted by Gasteiger charge is -2.16. The third kappa shape index (κ3) is 1.68. The molecule has 1 aromatic carbocycles. The van der Waals surface area contributed by atoms with Crippen molar-refractivity contribution in [3.8, 4) is 11.1 Å². The highest BCUT2D eigenvalue weighted by atomic mass is 16.2. The standard InChI is InChI=1S/C16H17N3O/c1-16(2)12-6-4-10(8-13(12)19(3)15(16)20)11-5-7-14(17)18-9-11/h4-9H,1-3H3,(H2,17,18). The molecule has 2 aromatic rings. The number of likely N-dealkylation sites (N-methyl/N-ethyl adjacent to an activating group) is 1. The van der Waals surface area contributed by atoms with Gasteiger partial charge in [0.1, 0.15) is 5.82 Å². The summed E-state index contributed by atoms with van der Waals surface area (Å²) in [6.07, 6.45) is 1.75. The van der Waals surface area contributed by atoms with Gasteiger partial charge in [-0.2, -0.15) is 0 Å². The highest BCUT2D eigenvalue weighted by molar-refractivity contribution is 6.07. The van der Waals surface area contributed by atoms with E-state index in [1.54, 1.807) is 17.2 Å². The average molecular weight is 267 g/mol. The van der Waals surface area contributed by atoms with Crippen LogP contribution in [0.2, 0.25) is 0 Å². The van der Waals surface area contributed by atoms with Gasteiger partial charge in [-0.3, -0.25) is 4.79 Å². The highest BCUT2D eigenvalue weighted by Crippen LogP contribution is 2.42. The van der Waals surface area contributed by atoms with Gasteiger partial charge in [-0.25, -0.2) is 4.98 Å². The minimum atomic E-state index is -0.456. The summed E-state index contributed by atoms with van der Waals surface area (Å²) in [6.45, 7) is 3.92. The van der Waals surface area contributed by atoms with Crippen LogP contribution in [0.15, 0.2) is 36.5 Å². The van der Waals surface area contributed by atoms with Gasteiger partial charge in [0.2, 0.25) is 5.91 Å². The maximum absolute atomic E-state index is 12.3. The van der Waals surface area contributed by atoms with Crippen molar-refractivity contribution in [2.75, 3.05) is 17.7 Å². The fourth-order valence-corrected chi connectivity index (χ4v) is 2.74. The molecule has 1 aliphatic heterocycles. The number of carbonyl (C=O) groups is 1. The second-order valence-electron chi connectivity index (χ2n) is 5.69. The third-order valence-corrected chi connectivity index (χ3v) is 3.99. The number of benzene rings is 1. The number of carbonyl (C=O) groups excluding carboxylic acids is 1. The van der Waals surface area contributed by atoms with Crippen molar-refractivity contribution >= 4 is 17.4 Å². The molecule has 102 valence electrons. The number of anilines is 2. The molecule has 0 saturated carbocycles. The number of fused-ring (bicyclic) bond motifs is 1. The van der Waals surface area contributed by atoms with Crippen molar-refractivity contribution in [1.29, 1.82) is 0 Å². The molecule has 0 saturated heterocycles. The van der Waals surface area contributed by atoms with Gasteiger partial charge < -0.3 is 10.6 Å². The van der Waals surface area contributed by atoms with Crippen LogP contribution in [0.4, 0.5) is 11.5 Å². The first-order chi connectivity index (χ1) is 9.41. The van der Waals surface area contributed by atoms with Crippen molar-refractivity contribution in [1.82, 2.24) is 4.98 Å². The smallest absolute Gasteiger partial charge is 0.236 e. The van der Waals surface area contributed by atoms with Crippen molar-refractivity contribution in [3.63, 3.8) is 0 Å². The van der Waals surface area contributed by atoms with Crippen LogP contribution in [0.1, 0.15) is 19.4 Å². The molecular formula is C16H17N3O. The first-order valence-corrected chi connectivity index (χ1v) is 6.56. The Bertz CT molecular complexity index is 689. The van der Waals surface area contributed by atoms with Crippen molar-refractivity contribution in [3.05, 3.63) is 42.1 Å². The Morgan fingerprint density at radius 1 is 1.15 bits per heavy atom. The van der Waals surface area contributed by atoms with Crippen LogP contribution >= 0.6 is 0 Å². The van der Waals surface area contributed by atoms with Crippen LogP contribution in [0.25, 0.3) is 11.1 Å². The van der Waals surface area contributed by atoms with Crippen LogP contribution < -0.4 is 10.6 Å². The molecule has 0 unspecified atom stereocenters. The number of aromatic nitrogens is 1. The molecule has 1 aromatic heterocycles. The summed E-state index contributed by atoms with van der Waals surface area (Å²) in [5.74, 6) is 0.628. The number of hydrogen-bond acceptors (Lipinski definition) is 3. The molecule has 2 N–H and O–H groups in total. The summed E-state index contributed by atoms with van der Waals surface area (Å²) in [7, 11) is 1.82. The third-order valence-electron chi connectivity index (χ3n) is 3.99. The largest absolute Gasteiger partial charge is 0.384 e. The summed E-state index contributed by atoms with van der Waals surface area (Å²) < 4.78 is 0. The van der Waals surface area contributed by atoms with Gasteiger partial charge in [-0.1, -0.05) is 12.1 Å². The SMILES string of the molecule is CN1C(=O)C(C)(C)c2ccc(-c3ccc(N)nc3)cc21. The minimum Gasteiger partial charge on any atom is -0.384 e. The van der Waals surface area contributed by atoms with E-state index in [4.69, 9.17) is 5.73 Å². The lowest BCUT2D eigenvalue weighted by atomic mass is 9.85. The predicted octanol–water partition coefficient (Wildman–Crippen LogP) is 2.58. The molecule has 1 amide bonds. The summed E-state index contributed by atoms with van der Waals surface area (Å²) >= 11 is 0. The number of nitrogen functional groups attached to an aromatic ring is 1. The van der Waals surface area contributed by atoms with E-state index in [0.717, 1.165) is 22.4 Å². The van der Waals surface area contributed by atoms with Crippen LogP contribution in [-0.2, 0) is 10.2 Å². The lowest BCUT2D eigenvalue weighted by Crippen LogP contribution is -2.33. The van der Waals surface area contributed by atoms with E-state index >= 15 is 0 Å². The molecule has 2 heterocycles. The van der Waals surface area contributed by atoms with Crippen LogP contribution in [0.5, 0.6) is 0 Å². The predicted molar refractivity (Wildman–Crippen MR) is 80.5 cm³/mol. The number of nitrogens with two attached hydrogens (primary N) is 1. The monoisotopic (exact) mass is 267 g/mol. The molecule has 0 bridgehead atoms. The normalized spacial score (nSPS) is 16.4. The van der Waals surface area contributed by atoms with Gasteiger partial charge >= 0.3 is 0 Å². The molecular weight excluding hydrogens is 250 g/mol. The Kier molecular flexibility index (Phi) is 2.57. The Morgan fingerprint density at radius 2 is 1.85 bits per heavy atom. The topological polar surface area (TPSA) is 59.2 Å². The quantitative estimate of drug-likeness (QED) is 0.864. The fourth-order valence-electron chi connectivity index (χ4n) is 2.74. The molecule has 0 atom stereocenters. The second kappa shape index (κ2) is 4.07. The molecule has 4 heteroatoms. The van der Waals surface area contributed by atoms with Gasteiger partial charge in [-0.05, 0) is 43.2 Å². The van der Waals surface area contributed by atoms with Crippen LogP contribution in [-0.4, -0.2) is 17.9 Å². The zero-order valence-electron chi connectivity index (χ0n) is 11.8. The fraction of sp³-hybridized carbons (Fsp3) is 0.250. The van der Waals surface area contributed by atoms with E-state index in [1.807, 2.05) is 45.2 Å². The molecule has 0 aliphatic carbocycles. The molecule has 4 nitrogen and oxygen atoms in total. The Balaban J connectivity index is 2.12. The van der Waals surface area contributed by atoms with Crippen molar-refractivity contribution in [2.45, 2.75) is 19.3 Å². The molecule has 1 aliphatic rings. The van der Waals surface area contributed by atoms with Gasteiger partial charge in [0.15, 0.2) is 0 Å². The number of nitrogens with zero attached hydrogens (tertiary/aromatic N) is 2. The molecule has 0 fully saturated rings. The van der Waals surface area contributed by atoms with Gasteiger partial charge in [-0.15, -0.1) is 0 Å². The van der Waals surface area contributed by atoms with Gasteiger partial charge in [0.05, 0.1) is 5.41 Å². The van der Waals surface area contributed by atoms with E-state index in [0.29, 0.717) is 5.82 Å². The number of pyridine rings is 1. The lowest BCUT2D eigenvalue weighted by molar-refractivity contribution is -0.121. The zero-order valence-corrected chi connectivity index (χ0v) is 11.8. The van der Waals surface area contributed by atoms with E-state index in [9.17, 15) is 4.79 Å². The number of hydrogen-bond donors (Lipinski definition) is 1. The first-order valence-electron chi connectivity index (χ1n) is 6.56. The van der Waals surface area contributed by atoms with Gasteiger partial charge in [0, 0.05) is 24.5 Å². The maximum atomic E-state index is 12.3. The maximum Gasteiger partial charge on any atom is 0.236 e. The first kappa shape index (κ1) is 12.7. The van der Waals surface area contributed by atoms with E-state index in [-0.39, 0.29) is 5.91 Å². The molecule has 20 heavy (non-hydrogen) atoms. The summed E-state index contributed by atoms with van der Waals surface area (Å²) in [5, 5.41) is 0. The zero-order chi connectivity index (χ0) is 14.5. The number of amides is 1. The molecule has 0 radical (unpaired) electrons. The van der Waals surface area contributed by atoms with E-state index < -0.39 is 5.41 Å². The summed E-state index contributed by atoms with van der Waals surface area (Å²) in [4.78, 5) is 18.1. The van der Waals surface area contributed by atoms with Gasteiger partial charge in [0.25, 0.3) is 0 Å². The second-order valence-corrected chi connectivity index (χ2v) is 5.69. The van der Waals surface area contributed by atoms with Crippen molar-refractivity contribution < 1.29 is 4.79 Å². The summed E-state index contributed by atoms with van der Waals surface area (Å²) in [6, 6.07) is 9.81. The van der Waals surface area contributed by atoms with Crippen LogP contribution in [0.3, 0.4) is 0 Å². The van der Waals surface area contributed by atoms with E-state index in [2.05, 4.69) is 4.98 Å². The van der Waals surface area contributed by atoms with Crippen LogP contribution in [0, 0.1) is 0 Å². The Morgan fingerprint density at radius 3 is 2.50 bits per heavy atom. The van der Waals surface area contributed by atoms with E-state index in [1.165, 1.54) is 0 Å². The number of rotatable bonds is 1. The van der Waals surface area contributed by atoms with Crippen molar-refractivity contribution in [2.24, 2.45) is 0 Å². The summed E-state index contributed by atoms with van der Waals surface area (Å²) in [5.41, 5.74) is 9.21. The molecule has 0 spiro atoms.